The quantitative estimate of drug-likeness (QED) is 0.183. The van der Waals surface area contributed by atoms with Crippen LogP contribution < -0.4 is 0 Å². The summed E-state index contributed by atoms with van der Waals surface area (Å²) < 4.78 is 40.6. The van der Waals surface area contributed by atoms with Crippen LogP contribution in [0.25, 0.3) is 87.7 Å². The number of rotatable bonds is 2. The molecule has 10 aromatic rings. The van der Waals surface area contributed by atoms with E-state index in [1.807, 2.05) is 36.4 Å². The van der Waals surface area contributed by atoms with Crippen LogP contribution in [-0.4, -0.2) is 10.2 Å². The van der Waals surface area contributed by atoms with Gasteiger partial charge in [0.25, 0.3) is 0 Å². The summed E-state index contributed by atoms with van der Waals surface area (Å²) in [5, 5.41) is 30.1. The lowest BCUT2D eigenvalue weighted by Gasteiger charge is -2.12. The molecule has 0 saturated carbocycles. The Morgan fingerprint density at radius 2 is 0.704 bits per heavy atom. The number of furan rings is 2. The minimum Gasteiger partial charge on any atom is -0.507 e. The monoisotopic (exact) mass is 792 g/mol. The van der Waals surface area contributed by atoms with Crippen LogP contribution in [0.3, 0.4) is 0 Å². The molecule has 8 aromatic carbocycles. The van der Waals surface area contributed by atoms with Gasteiger partial charge in [-0.15, -0.1) is 0 Å². The third-order valence-corrected chi connectivity index (χ3v) is 10.4. The van der Waals surface area contributed by atoms with Gasteiger partial charge in [0.15, 0.2) is 0 Å². The fourth-order valence-electron chi connectivity index (χ4n) is 6.91. The molecule has 264 valence electrons. The van der Waals surface area contributed by atoms with Crippen molar-refractivity contribution in [3.8, 4) is 33.8 Å². The van der Waals surface area contributed by atoms with Gasteiger partial charge in [0.2, 0.25) is 0 Å². The van der Waals surface area contributed by atoms with Crippen molar-refractivity contribution >= 4 is 112 Å². The van der Waals surface area contributed by atoms with Gasteiger partial charge in [0, 0.05) is 76.0 Å². The first-order valence-corrected chi connectivity index (χ1v) is 18.0. The van der Waals surface area contributed by atoms with Crippen LogP contribution in [0, 0.1) is 11.6 Å². The summed E-state index contributed by atoms with van der Waals surface area (Å²) >= 11 is 23.8. The second-order valence-corrected chi connectivity index (χ2v) is 14.6. The van der Waals surface area contributed by atoms with Gasteiger partial charge in [0.1, 0.15) is 45.5 Å². The van der Waals surface area contributed by atoms with Crippen LogP contribution in [0.1, 0.15) is 0 Å². The highest BCUT2D eigenvalue weighted by atomic mass is 35.5. The zero-order valence-electron chi connectivity index (χ0n) is 27.5. The van der Waals surface area contributed by atoms with E-state index in [9.17, 15) is 19.0 Å². The lowest BCUT2D eigenvalue weighted by Crippen LogP contribution is -1.89. The van der Waals surface area contributed by atoms with Crippen LogP contribution in [-0.2, 0) is 0 Å². The Hall–Kier alpha value is -5.50. The molecule has 0 aliphatic heterocycles. The topological polar surface area (TPSA) is 66.7 Å². The summed E-state index contributed by atoms with van der Waals surface area (Å²) in [7, 11) is 0. The van der Waals surface area contributed by atoms with E-state index in [-0.39, 0.29) is 43.8 Å². The molecule has 0 amide bonds. The molecule has 0 bridgehead atoms. The van der Waals surface area contributed by atoms with Crippen LogP contribution >= 0.6 is 46.4 Å². The number of phenolic OH excluding ortho intramolecular Hbond substituents is 2. The smallest absolute Gasteiger partial charge is 0.136 e. The maximum atomic E-state index is 14.3. The summed E-state index contributed by atoms with van der Waals surface area (Å²) in [6, 6.07) is 34.2. The molecule has 4 nitrogen and oxygen atoms in total. The first-order valence-electron chi connectivity index (χ1n) is 16.5. The molecular formula is C44H22Cl4F2O4. The average Bonchev–Trinajstić information content (AvgIpc) is 3.65. The predicted octanol–water partition coefficient (Wildman–Crippen LogP) is 15.1. The molecule has 2 heterocycles. The Morgan fingerprint density at radius 1 is 0.352 bits per heavy atom. The Labute approximate surface area is 324 Å². The van der Waals surface area contributed by atoms with Crippen LogP contribution in [0.4, 0.5) is 8.78 Å². The molecule has 0 spiro atoms. The van der Waals surface area contributed by atoms with E-state index in [0.29, 0.717) is 20.8 Å². The van der Waals surface area contributed by atoms with Gasteiger partial charge in [-0.1, -0.05) is 46.4 Å². The van der Waals surface area contributed by atoms with Crippen molar-refractivity contribution in [1.82, 2.24) is 0 Å². The Kier molecular flexibility index (Phi) is 8.32. The number of aromatic hydroxyl groups is 2. The average molecular weight is 794 g/mol. The Morgan fingerprint density at radius 3 is 1.15 bits per heavy atom. The molecule has 0 unspecified atom stereocenters. The lowest BCUT2D eigenvalue weighted by atomic mass is 9.95. The molecule has 0 radical (unpaired) electrons. The maximum absolute atomic E-state index is 14.3. The number of hydrogen-bond acceptors (Lipinski definition) is 4. The fourth-order valence-corrected chi connectivity index (χ4v) is 7.56. The van der Waals surface area contributed by atoms with Crippen molar-refractivity contribution in [3.63, 3.8) is 0 Å². The summed E-state index contributed by atoms with van der Waals surface area (Å²) in [5.74, 6) is -1.47. The van der Waals surface area contributed by atoms with Crippen molar-refractivity contribution in [3.05, 3.63) is 153 Å². The van der Waals surface area contributed by atoms with E-state index in [1.165, 1.54) is 36.4 Å². The number of benzene rings is 8. The third kappa shape index (κ3) is 6.02. The van der Waals surface area contributed by atoms with Crippen LogP contribution in [0.2, 0.25) is 20.1 Å². The van der Waals surface area contributed by atoms with E-state index in [4.69, 9.17) is 55.2 Å². The number of fused-ring (bicyclic) bond motifs is 8. The standard InChI is InChI=1S/C22H12Cl2F2O2.C22H10Cl2O2/c23-13-1-3-15(19(25)9-13)17-5-11-6-18(16-4-2-14(24)10-20(16)26)22(28)8-12(11)7-21(17)27;23-13-1-3-15-17-5-11-6-18-16-4-2-14(24)10-22(16)26-20(18)8-12(11)7-19(17)25-21(15)9-13/h1-10,27-28H;1-10H. The van der Waals surface area contributed by atoms with Crippen molar-refractivity contribution in [2.75, 3.05) is 0 Å². The molecule has 0 aliphatic carbocycles. The van der Waals surface area contributed by atoms with Crippen molar-refractivity contribution in [2.24, 2.45) is 0 Å². The Bertz CT molecular complexity index is 2970. The maximum Gasteiger partial charge on any atom is 0.136 e. The third-order valence-electron chi connectivity index (χ3n) is 9.46. The normalized spacial score (nSPS) is 11.7. The summed E-state index contributed by atoms with van der Waals surface area (Å²) in [5.41, 5.74) is 4.15. The van der Waals surface area contributed by atoms with E-state index in [0.717, 1.165) is 66.8 Å². The second kappa shape index (κ2) is 13.1. The highest BCUT2D eigenvalue weighted by molar-refractivity contribution is 6.32. The molecule has 10 heteroatoms. The number of halogens is 6. The van der Waals surface area contributed by atoms with Crippen molar-refractivity contribution < 1.29 is 27.8 Å². The molecule has 0 fully saturated rings. The first kappa shape index (κ1) is 34.3. The fraction of sp³-hybridized carbons (Fsp3) is 0. The van der Waals surface area contributed by atoms with Crippen molar-refractivity contribution in [1.29, 1.82) is 0 Å². The SMILES string of the molecule is Clc1ccc2c(c1)oc1cc3cc4oc5cc(Cl)ccc5c4cc3cc12.Oc1cc2cc(O)c(-c3ccc(Cl)cc3F)cc2cc1-c1ccc(Cl)cc1F. The van der Waals surface area contributed by atoms with Crippen LogP contribution in [0.5, 0.6) is 11.5 Å². The van der Waals surface area contributed by atoms with Gasteiger partial charge in [-0.25, -0.2) is 8.78 Å². The largest absolute Gasteiger partial charge is 0.507 e. The molecule has 2 aromatic heterocycles. The van der Waals surface area contributed by atoms with E-state index in [2.05, 4.69) is 24.3 Å². The van der Waals surface area contributed by atoms with Gasteiger partial charge in [0.05, 0.1) is 0 Å². The van der Waals surface area contributed by atoms with Gasteiger partial charge in [-0.3, -0.25) is 0 Å². The van der Waals surface area contributed by atoms with Crippen LogP contribution in [0.15, 0.2) is 130 Å². The van der Waals surface area contributed by atoms with E-state index >= 15 is 0 Å². The summed E-state index contributed by atoms with van der Waals surface area (Å²) in [6.07, 6.45) is 0. The van der Waals surface area contributed by atoms with E-state index in [1.54, 1.807) is 12.1 Å². The van der Waals surface area contributed by atoms with E-state index < -0.39 is 11.6 Å². The van der Waals surface area contributed by atoms with Gasteiger partial charge >= 0.3 is 0 Å². The molecule has 54 heavy (non-hydrogen) atoms. The van der Waals surface area contributed by atoms with Crippen molar-refractivity contribution in [2.45, 2.75) is 0 Å². The minimum absolute atomic E-state index is 0.154. The first-order chi connectivity index (χ1) is 26.0. The van der Waals surface area contributed by atoms with Gasteiger partial charge in [-0.2, -0.15) is 0 Å². The number of phenols is 2. The zero-order valence-corrected chi connectivity index (χ0v) is 30.5. The summed E-state index contributed by atoms with van der Waals surface area (Å²) in [4.78, 5) is 0. The minimum atomic E-state index is -0.579. The second-order valence-electron chi connectivity index (χ2n) is 12.9. The highest BCUT2D eigenvalue weighted by Gasteiger charge is 2.17. The highest BCUT2D eigenvalue weighted by Crippen LogP contribution is 2.41. The molecule has 0 atom stereocenters. The molecule has 0 aliphatic rings. The molecule has 10 rings (SSSR count). The lowest BCUT2D eigenvalue weighted by molar-refractivity contribution is 0.476. The predicted molar refractivity (Wildman–Crippen MR) is 217 cm³/mol. The molecular weight excluding hydrogens is 772 g/mol. The number of hydrogen-bond donors (Lipinski definition) is 2. The van der Waals surface area contributed by atoms with Gasteiger partial charge in [-0.05, 0) is 131 Å². The molecule has 0 saturated heterocycles. The van der Waals surface area contributed by atoms with Gasteiger partial charge < -0.3 is 19.0 Å². The summed E-state index contributed by atoms with van der Waals surface area (Å²) in [6.45, 7) is 0. The Balaban J connectivity index is 0.000000143. The zero-order chi connectivity index (χ0) is 37.4. The molecule has 2 N–H and O–H groups in total.